The van der Waals surface area contributed by atoms with Gasteiger partial charge in [-0.15, -0.1) is 0 Å². The van der Waals surface area contributed by atoms with Crippen LogP contribution >= 0.6 is 0 Å². The van der Waals surface area contributed by atoms with Crippen LogP contribution in [-0.2, 0) is 9.59 Å². The maximum absolute atomic E-state index is 12.5. The van der Waals surface area contributed by atoms with E-state index in [1.165, 1.54) is 17.2 Å². The Balaban J connectivity index is 1.61. The standard InChI is InChI=1S/C23H22N2O3/c26-22(24-28)11-9-18-5-4-6-19(17-18)10-12-23(27)25-15-13-21(14-16-25)20-7-2-1-3-8-20/h1-13,17,28H,14-16H2,(H,24,26). The smallest absolute Gasteiger partial charge is 0.267 e. The van der Waals surface area contributed by atoms with Gasteiger partial charge in [0.2, 0.25) is 5.91 Å². The molecule has 2 aromatic carbocycles. The fourth-order valence-electron chi connectivity index (χ4n) is 3.03. The summed E-state index contributed by atoms with van der Waals surface area (Å²) in [5.41, 5.74) is 5.69. The monoisotopic (exact) mass is 374 g/mol. The quantitative estimate of drug-likeness (QED) is 0.478. The molecule has 0 spiro atoms. The van der Waals surface area contributed by atoms with Gasteiger partial charge in [0, 0.05) is 25.2 Å². The lowest BCUT2D eigenvalue weighted by atomic mass is 9.99. The maximum Gasteiger partial charge on any atom is 0.267 e. The lowest BCUT2D eigenvalue weighted by molar-refractivity contribution is -0.125. The van der Waals surface area contributed by atoms with Crippen molar-refractivity contribution in [2.45, 2.75) is 6.42 Å². The molecule has 5 heteroatoms. The van der Waals surface area contributed by atoms with Crippen molar-refractivity contribution in [3.8, 4) is 0 Å². The van der Waals surface area contributed by atoms with Crippen molar-refractivity contribution in [1.29, 1.82) is 0 Å². The van der Waals surface area contributed by atoms with Crippen LogP contribution in [0.3, 0.4) is 0 Å². The van der Waals surface area contributed by atoms with Gasteiger partial charge in [0.05, 0.1) is 0 Å². The van der Waals surface area contributed by atoms with Crippen molar-refractivity contribution in [1.82, 2.24) is 10.4 Å². The van der Waals surface area contributed by atoms with E-state index in [2.05, 4.69) is 18.2 Å². The zero-order chi connectivity index (χ0) is 19.8. The number of carbonyl (C=O) groups is 2. The molecule has 0 atom stereocenters. The van der Waals surface area contributed by atoms with Gasteiger partial charge < -0.3 is 4.90 Å². The molecule has 0 saturated carbocycles. The summed E-state index contributed by atoms with van der Waals surface area (Å²) in [6, 6.07) is 17.7. The Morgan fingerprint density at radius 2 is 1.68 bits per heavy atom. The molecule has 0 unspecified atom stereocenters. The molecule has 0 saturated heterocycles. The number of hydroxylamine groups is 1. The number of nitrogens with zero attached hydrogens (tertiary/aromatic N) is 1. The van der Waals surface area contributed by atoms with E-state index >= 15 is 0 Å². The van der Waals surface area contributed by atoms with Crippen molar-refractivity contribution in [2.24, 2.45) is 0 Å². The van der Waals surface area contributed by atoms with Crippen LogP contribution in [0.25, 0.3) is 17.7 Å². The predicted octanol–water partition coefficient (Wildman–Crippen LogP) is 3.53. The normalized spacial score (nSPS) is 14.3. The van der Waals surface area contributed by atoms with E-state index in [1.54, 1.807) is 23.7 Å². The minimum absolute atomic E-state index is 0.0241. The van der Waals surface area contributed by atoms with E-state index in [9.17, 15) is 9.59 Å². The number of hydrogen-bond acceptors (Lipinski definition) is 3. The van der Waals surface area contributed by atoms with Crippen LogP contribution in [0, 0.1) is 0 Å². The third-order valence-electron chi connectivity index (χ3n) is 4.53. The van der Waals surface area contributed by atoms with Crippen LogP contribution < -0.4 is 5.48 Å². The SMILES string of the molecule is O=C(C=Cc1cccc(C=CC(=O)N2CC=C(c3ccccc3)CC2)c1)NO. The molecule has 2 aromatic rings. The van der Waals surface area contributed by atoms with Crippen LogP contribution in [-0.4, -0.2) is 35.0 Å². The van der Waals surface area contributed by atoms with Gasteiger partial charge in [-0.05, 0) is 46.9 Å². The second-order valence-corrected chi connectivity index (χ2v) is 6.44. The molecule has 3 rings (SSSR count). The lowest BCUT2D eigenvalue weighted by Gasteiger charge is -2.25. The first-order valence-electron chi connectivity index (χ1n) is 9.09. The number of rotatable bonds is 5. The Kier molecular flexibility index (Phi) is 6.54. The molecule has 2 N–H and O–H groups in total. The van der Waals surface area contributed by atoms with Gasteiger partial charge in [-0.2, -0.15) is 0 Å². The third-order valence-corrected chi connectivity index (χ3v) is 4.53. The highest BCUT2D eigenvalue weighted by Gasteiger charge is 2.15. The van der Waals surface area contributed by atoms with Crippen molar-refractivity contribution in [3.05, 3.63) is 89.5 Å². The average molecular weight is 374 g/mol. The minimum Gasteiger partial charge on any atom is -0.335 e. The lowest BCUT2D eigenvalue weighted by Crippen LogP contribution is -2.33. The van der Waals surface area contributed by atoms with Gasteiger partial charge in [-0.3, -0.25) is 14.8 Å². The molecule has 0 fully saturated rings. The fourth-order valence-corrected chi connectivity index (χ4v) is 3.03. The number of amides is 2. The molecule has 28 heavy (non-hydrogen) atoms. The average Bonchev–Trinajstić information content (AvgIpc) is 2.76. The van der Waals surface area contributed by atoms with E-state index in [0.29, 0.717) is 13.1 Å². The number of nitrogens with one attached hydrogen (secondary N) is 1. The van der Waals surface area contributed by atoms with Gasteiger partial charge in [0.15, 0.2) is 0 Å². The first-order valence-corrected chi connectivity index (χ1v) is 9.09. The summed E-state index contributed by atoms with van der Waals surface area (Å²) in [6.45, 7) is 1.30. The summed E-state index contributed by atoms with van der Waals surface area (Å²) in [5, 5.41) is 8.51. The van der Waals surface area contributed by atoms with Gasteiger partial charge in [0.25, 0.3) is 5.91 Å². The molecule has 0 radical (unpaired) electrons. The Bertz CT molecular complexity index is 930. The molecule has 2 amide bonds. The highest BCUT2D eigenvalue weighted by molar-refractivity contribution is 5.93. The topological polar surface area (TPSA) is 69.6 Å². The fraction of sp³-hybridized carbons (Fsp3) is 0.130. The molecular formula is C23H22N2O3. The summed E-state index contributed by atoms with van der Waals surface area (Å²) in [7, 11) is 0. The molecule has 1 aliphatic rings. The van der Waals surface area contributed by atoms with Crippen LogP contribution in [0.2, 0.25) is 0 Å². The van der Waals surface area contributed by atoms with Crippen LogP contribution in [0.1, 0.15) is 23.1 Å². The van der Waals surface area contributed by atoms with Gasteiger partial charge in [-0.25, -0.2) is 5.48 Å². The zero-order valence-electron chi connectivity index (χ0n) is 15.4. The minimum atomic E-state index is -0.593. The number of benzene rings is 2. The van der Waals surface area contributed by atoms with E-state index in [4.69, 9.17) is 5.21 Å². The second kappa shape index (κ2) is 9.48. The summed E-state index contributed by atoms with van der Waals surface area (Å²) in [6.07, 6.45) is 9.12. The molecular weight excluding hydrogens is 352 g/mol. The van der Waals surface area contributed by atoms with Crippen LogP contribution in [0.4, 0.5) is 0 Å². The Morgan fingerprint density at radius 1 is 0.964 bits per heavy atom. The molecule has 5 nitrogen and oxygen atoms in total. The summed E-state index contributed by atoms with van der Waals surface area (Å²) in [5.74, 6) is -0.617. The van der Waals surface area contributed by atoms with Gasteiger partial charge in [-0.1, -0.05) is 54.6 Å². The van der Waals surface area contributed by atoms with Crippen molar-refractivity contribution in [3.63, 3.8) is 0 Å². The van der Waals surface area contributed by atoms with Crippen molar-refractivity contribution < 1.29 is 14.8 Å². The molecule has 0 bridgehead atoms. The molecule has 0 aliphatic carbocycles. The second-order valence-electron chi connectivity index (χ2n) is 6.44. The first kappa shape index (κ1) is 19.3. The van der Waals surface area contributed by atoms with Crippen molar-refractivity contribution in [2.75, 3.05) is 13.1 Å². The molecule has 142 valence electrons. The predicted molar refractivity (Wildman–Crippen MR) is 110 cm³/mol. The Hall–Kier alpha value is -3.44. The van der Waals surface area contributed by atoms with Crippen molar-refractivity contribution >= 4 is 29.5 Å². The molecule has 0 aromatic heterocycles. The van der Waals surface area contributed by atoms with E-state index in [0.717, 1.165) is 17.5 Å². The van der Waals surface area contributed by atoms with E-state index in [1.807, 2.05) is 47.4 Å². The number of carbonyl (C=O) groups excluding carboxylic acids is 2. The molecule has 1 heterocycles. The zero-order valence-corrected chi connectivity index (χ0v) is 15.4. The molecule has 1 aliphatic heterocycles. The number of hydrogen-bond donors (Lipinski definition) is 2. The highest BCUT2D eigenvalue weighted by Crippen LogP contribution is 2.22. The Labute approximate surface area is 164 Å². The summed E-state index contributed by atoms with van der Waals surface area (Å²) in [4.78, 5) is 25.3. The summed E-state index contributed by atoms with van der Waals surface area (Å²) < 4.78 is 0. The van der Waals surface area contributed by atoms with E-state index in [-0.39, 0.29) is 5.91 Å². The van der Waals surface area contributed by atoms with Crippen LogP contribution in [0.15, 0.2) is 72.8 Å². The van der Waals surface area contributed by atoms with Crippen LogP contribution in [0.5, 0.6) is 0 Å². The Morgan fingerprint density at radius 3 is 2.32 bits per heavy atom. The maximum atomic E-state index is 12.5. The first-order chi connectivity index (χ1) is 13.7. The van der Waals surface area contributed by atoms with E-state index < -0.39 is 5.91 Å². The largest absolute Gasteiger partial charge is 0.335 e. The highest BCUT2D eigenvalue weighted by atomic mass is 16.5. The third kappa shape index (κ3) is 5.28. The van der Waals surface area contributed by atoms with Gasteiger partial charge >= 0.3 is 0 Å². The summed E-state index contributed by atoms with van der Waals surface area (Å²) >= 11 is 0. The van der Waals surface area contributed by atoms with Gasteiger partial charge in [0.1, 0.15) is 0 Å².